The van der Waals surface area contributed by atoms with Crippen LogP contribution in [0.2, 0.25) is 0 Å². The van der Waals surface area contributed by atoms with Crippen LogP contribution >= 0.6 is 0 Å². The lowest BCUT2D eigenvalue weighted by molar-refractivity contribution is -0.137. The second kappa shape index (κ2) is 16.1. The van der Waals surface area contributed by atoms with Crippen molar-refractivity contribution in [2.45, 2.75) is 108 Å². The summed E-state index contributed by atoms with van der Waals surface area (Å²) in [6, 6.07) is 11.1. The maximum absolute atomic E-state index is 13.8. The van der Waals surface area contributed by atoms with Crippen molar-refractivity contribution in [2.24, 2.45) is 5.92 Å². The number of nitriles is 1. The summed E-state index contributed by atoms with van der Waals surface area (Å²) in [5.41, 5.74) is 4.67. The Labute approximate surface area is 341 Å². The van der Waals surface area contributed by atoms with E-state index in [1.54, 1.807) is 28.0 Å². The average molecular weight is 798 g/mol. The van der Waals surface area contributed by atoms with Crippen molar-refractivity contribution in [1.82, 2.24) is 40.6 Å². The standard InChI is InChI=1S/C43H47N11O5/c44-20-25-17-27-22-47-54(39(27)46-21-25)37-19-35(48-29-3-1-2-4-29)34(23-45-37)41(57)50-30-7-5-26(6-8-30)40(56)49-31-13-15-52(16-14-31)32-9-10-33-28(18-32)24-53(43(33)59)36-11-12-38(55)51-42(36)58/h9-10,17-19,21-23,26,29-31,36H,1-8,11-16,24H2,(H,45,48)(H,49,56)(H,50,57)(H,51,55,58). The van der Waals surface area contributed by atoms with Crippen LogP contribution < -0.4 is 26.2 Å². The number of hydrogen-bond donors (Lipinski definition) is 4. The molecule has 1 atom stereocenters. The SMILES string of the molecule is N#Cc1cnc2c(cnn2-c2cc(NC3CCCC3)c(C(=O)NC3CCC(C(=O)NC4CCN(c5ccc6c(c5)CN(C5CCC(=O)NC5=O)C6=O)CC4)CC3)cn2)c1. The first kappa shape index (κ1) is 38.2. The Morgan fingerprint density at radius 3 is 2.37 bits per heavy atom. The molecule has 2 aliphatic carbocycles. The van der Waals surface area contributed by atoms with Crippen molar-refractivity contribution in [3.05, 3.63) is 71.2 Å². The molecule has 6 heterocycles. The summed E-state index contributed by atoms with van der Waals surface area (Å²) in [7, 11) is 0. The van der Waals surface area contributed by atoms with Crippen LogP contribution in [0, 0.1) is 17.2 Å². The molecular formula is C43H47N11O5. The highest BCUT2D eigenvalue weighted by atomic mass is 16.2. The molecule has 1 aromatic carbocycles. The van der Waals surface area contributed by atoms with Crippen LogP contribution in [0.1, 0.15) is 109 Å². The van der Waals surface area contributed by atoms with Crippen molar-refractivity contribution in [3.8, 4) is 11.9 Å². The summed E-state index contributed by atoms with van der Waals surface area (Å²) in [4.78, 5) is 77.3. The van der Waals surface area contributed by atoms with Crippen molar-refractivity contribution >= 4 is 51.9 Å². The maximum atomic E-state index is 13.8. The number of hydrogen-bond acceptors (Lipinski definition) is 11. The number of piperidine rings is 2. The minimum atomic E-state index is -0.640. The Kier molecular flexibility index (Phi) is 10.4. The molecule has 0 spiro atoms. The van der Waals surface area contributed by atoms with Gasteiger partial charge >= 0.3 is 0 Å². The van der Waals surface area contributed by atoms with E-state index >= 15 is 0 Å². The van der Waals surface area contributed by atoms with Crippen LogP contribution in [-0.2, 0) is 20.9 Å². The van der Waals surface area contributed by atoms with Gasteiger partial charge in [0.25, 0.3) is 11.8 Å². The first-order valence-electron chi connectivity index (χ1n) is 20.9. The van der Waals surface area contributed by atoms with Crippen LogP contribution in [0.15, 0.2) is 48.9 Å². The average Bonchev–Trinajstić information content (AvgIpc) is 4.00. The zero-order valence-corrected chi connectivity index (χ0v) is 32.8. The summed E-state index contributed by atoms with van der Waals surface area (Å²) >= 11 is 0. The molecule has 304 valence electrons. The number of anilines is 2. The molecule has 4 fully saturated rings. The number of aromatic nitrogens is 4. The van der Waals surface area contributed by atoms with Crippen LogP contribution in [0.3, 0.4) is 0 Å². The molecule has 5 amide bonds. The second-order valence-corrected chi connectivity index (χ2v) is 16.6. The number of carbonyl (C=O) groups is 5. The van der Waals surface area contributed by atoms with E-state index in [0.29, 0.717) is 72.5 Å². The van der Waals surface area contributed by atoms with Gasteiger partial charge in [-0.05, 0) is 87.6 Å². The lowest BCUT2D eigenvalue weighted by Gasteiger charge is -2.35. The van der Waals surface area contributed by atoms with E-state index in [1.165, 1.54) is 6.20 Å². The Morgan fingerprint density at radius 2 is 1.61 bits per heavy atom. The normalized spacial score (nSPS) is 22.6. The largest absolute Gasteiger partial charge is 0.382 e. The Balaban J connectivity index is 0.767. The van der Waals surface area contributed by atoms with Gasteiger partial charge in [0.05, 0.1) is 23.0 Å². The van der Waals surface area contributed by atoms with E-state index in [9.17, 15) is 29.2 Å². The van der Waals surface area contributed by atoms with Gasteiger partial charge in [-0.25, -0.2) is 9.97 Å². The van der Waals surface area contributed by atoms with Crippen LogP contribution in [-0.4, -0.2) is 91.4 Å². The summed E-state index contributed by atoms with van der Waals surface area (Å²) in [5.74, 6) is -0.613. The van der Waals surface area contributed by atoms with Gasteiger partial charge in [0.2, 0.25) is 17.7 Å². The fraction of sp³-hybridized carbons (Fsp3) is 0.465. The maximum Gasteiger partial charge on any atom is 0.255 e. The van der Waals surface area contributed by atoms with Crippen molar-refractivity contribution in [2.75, 3.05) is 23.3 Å². The first-order valence-corrected chi connectivity index (χ1v) is 20.9. The number of carbonyl (C=O) groups excluding carboxylic acids is 5. The molecule has 1 unspecified atom stereocenters. The van der Waals surface area contributed by atoms with Gasteiger partial charge in [-0.1, -0.05) is 12.8 Å². The number of benzene rings is 1. The molecule has 3 aliphatic heterocycles. The van der Waals surface area contributed by atoms with Crippen LogP contribution in [0.4, 0.5) is 11.4 Å². The molecule has 59 heavy (non-hydrogen) atoms. The van der Waals surface area contributed by atoms with Gasteiger partial charge < -0.3 is 25.8 Å². The molecule has 16 heteroatoms. The smallest absolute Gasteiger partial charge is 0.255 e. The second-order valence-electron chi connectivity index (χ2n) is 16.6. The zero-order chi connectivity index (χ0) is 40.6. The third kappa shape index (κ3) is 7.81. The molecule has 0 bridgehead atoms. The molecule has 0 radical (unpaired) electrons. The Bertz CT molecular complexity index is 2370. The summed E-state index contributed by atoms with van der Waals surface area (Å²) in [6.45, 7) is 1.86. The highest BCUT2D eigenvalue weighted by Gasteiger charge is 2.39. The highest BCUT2D eigenvalue weighted by Crippen LogP contribution is 2.33. The van der Waals surface area contributed by atoms with Crippen LogP contribution in [0.25, 0.3) is 16.9 Å². The molecule has 5 aliphatic rings. The van der Waals surface area contributed by atoms with Crippen LogP contribution in [0.5, 0.6) is 0 Å². The summed E-state index contributed by atoms with van der Waals surface area (Å²) in [6.07, 6.45) is 14.0. The molecule has 9 rings (SSSR count). The summed E-state index contributed by atoms with van der Waals surface area (Å²) < 4.78 is 1.62. The van der Waals surface area contributed by atoms with E-state index < -0.39 is 11.9 Å². The topological polar surface area (TPSA) is 207 Å². The number of amides is 5. The fourth-order valence-electron chi connectivity index (χ4n) is 9.42. The number of rotatable bonds is 9. The van der Waals surface area contributed by atoms with Gasteiger partial charge in [-0.2, -0.15) is 15.0 Å². The highest BCUT2D eigenvalue weighted by molar-refractivity contribution is 6.05. The minimum absolute atomic E-state index is 0.0545. The van der Waals surface area contributed by atoms with Gasteiger partial charge in [-0.15, -0.1) is 0 Å². The quantitative estimate of drug-likeness (QED) is 0.179. The third-order valence-corrected chi connectivity index (χ3v) is 12.7. The van der Waals surface area contributed by atoms with Crippen molar-refractivity contribution in [1.29, 1.82) is 5.26 Å². The van der Waals surface area contributed by atoms with E-state index in [0.717, 1.165) is 68.3 Å². The number of nitrogens with zero attached hydrogens (tertiary/aromatic N) is 7. The molecule has 3 aromatic heterocycles. The number of imide groups is 1. The molecule has 4 N–H and O–H groups in total. The molecule has 4 aromatic rings. The molecule has 16 nitrogen and oxygen atoms in total. The number of nitrogens with one attached hydrogen (secondary N) is 4. The lowest BCUT2D eigenvalue weighted by atomic mass is 9.85. The Morgan fingerprint density at radius 1 is 0.831 bits per heavy atom. The van der Waals surface area contributed by atoms with Crippen molar-refractivity contribution in [3.63, 3.8) is 0 Å². The van der Waals surface area contributed by atoms with Gasteiger partial charge in [0, 0.05) is 85.2 Å². The molecule has 2 saturated heterocycles. The Hall–Kier alpha value is -6.37. The lowest BCUT2D eigenvalue weighted by Crippen LogP contribution is -2.52. The van der Waals surface area contributed by atoms with E-state index in [2.05, 4.69) is 47.3 Å². The predicted octanol–water partition coefficient (Wildman–Crippen LogP) is 3.88. The monoisotopic (exact) mass is 797 g/mol. The van der Waals surface area contributed by atoms with E-state index in [-0.39, 0.29) is 54.1 Å². The summed E-state index contributed by atoms with van der Waals surface area (Å²) in [5, 5.41) is 27.0. The first-order chi connectivity index (χ1) is 28.7. The molecular weight excluding hydrogens is 751 g/mol. The minimum Gasteiger partial charge on any atom is -0.382 e. The fourth-order valence-corrected chi connectivity index (χ4v) is 9.42. The van der Waals surface area contributed by atoms with Gasteiger partial charge in [0.15, 0.2) is 11.5 Å². The van der Waals surface area contributed by atoms with E-state index in [1.807, 2.05) is 24.3 Å². The predicted molar refractivity (Wildman–Crippen MR) is 216 cm³/mol. The molecule has 2 saturated carbocycles. The number of fused-ring (bicyclic) bond motifs is 2. The van der Waals surface area contributed by atoms with Gasteiger partial charge in [0.1, 0.15) is 12.1 Å². The van der Waals surface area contributed by atoms with Gasteiger partial charge in [-0.3, -0.25) is 29.3 Å². The zero-order valence-electron chi connectivity index (χ0n) is 32.8. The van der Waals surface area contributed by atoms with E-state index in [4.69, 9.17) is 0 Å². The van der Waals surface area contributed by atoms with Crippen molar-refractivity contribution < 1.29 is 24.0 Å². The third-order valence-electron chi connectivity index (χ3n) is 12.7. The number of pyridine rings is 2.